The van der Waals surface area contributed by atoms with Crippen LogP contribution in [-0.4, -0.2) is 24.3 Å². The highest BCUT2D eigenvalue weighted by atomic mass is 16.6. The third kappa shape index (κ3) is 4.39. The smallest absolute Gasteiger partial charge is 0.411 e. The van der Waals surface area contributed by atoms with Crippen LogP contribution in [0.25, 0.3) is 0 Å². The van der Waals surface area contributed by atoms with Gasteiger partial charge in [-0.05, 0) is 46.6 Å². The van der Waals surface area contributed by atoms with Crippen molar-refractivity contribution in [3.8, 4) is 0 Å². The fourth-order valence-electron chi connectivity index (χ4n) is 1.58. The van der Waals surface area contributed by atoms with Gasteiger partial charge in [0.15, 0.2) is 0 Å². The molecule has 1 amide bonds. The second-order valence-electron chi connectivity index (χ2n) is 5.29. The largest absolute Gasteiger partial charge is 0.466 e. The summed E-state index contributed by atoms with van der Waals surface area (Å²) in [5, 5.41) is 2.64. The summed E-state index contributed by atoms with van der Waals surface area (Å²) >= 11 is 0. The van der Waals surface area contributed by atoms with Crippen LogP contribution in [0.5, 0.6) is 0 Å². The second kappa shape index (κ2) is 5.42. The summed E-state index contributed by atoms with van der Waals surface area (Å²) < 4.78 is 10.0. The number of hydrogen-bond acceptors (Lipinski definition) is 4. The molecule has 5 heteroatoms. The van der Waals surface area contributed by atoms with Gasteiger partial charge in [-0.25, -0.2) is 4.79 Å². The average Bonchev–Trinajstić information content (AvgIpc) is 2.93. The summed E-state index contributed by atoms with van der Waals surface area (Å²) in [5.41, 5.74) is 1.07. The number of hydrogen-bond donors (Lipinski definition) is 1. The molecule has 102 valence electrons. The van der Waals surface area contributed by atoms with E-state index in [-0.39, 0.29) is 11.9 Å². The van der Waals surface area contributed by atoms with E-state index in [1.54, 1.807) is 34.6 Å². The average molecular weight is 255 g/mol. The molecule has 0 bridgehead atoms. The number of carbonyl (C=O) groups is 2. The molecular weight excluding hydrogens is 234 g/mol. The molecule has 5 nitrogen and oxygen atoms in total. The van der Waals surface area contributed by atoms with Gasteiger partial charge in [-0.1, -0.05) is 0 Å². The number of amides is 1. The topological polar surface area (TPSA) is 64.6 Å². The van der Waals surface area contributed by atoms with Crippen LogP contribution >= 0.6 is 0 Å². The maximum absolute atomic E-state index is 11.5. The van der Waals surface area contributed by atoms with Gasteiger partial charge < -0.3 is 9.47 Å². The molecule has 0 saturated heterocycles. The Kier molecular flexibility index (Phi) is 4.38. The highest BCUT2D eigenvalue weighted by molar-refractivity contribution is 5.82. The van der Waals surface area contributed by atoms with E-state index in [2.05, 4.69) is 5.32 Å². The molecule has 1 aliphatic rings. The zero-order valence-corrected chi connectivity index (χ0v) is 11.6. The number of ether oxygens (including phenoxy) is 2. The monoisotopic (exact) mass is 255 g/mol. The fourth-order valence-corrected chi connectivity index (χ4v) is 1.58. The molecule has 1 fully saturated rings. The van der Waals surface area contributed by atoms with Crippen LogP contribution in [0.2, 0.25) is 0 Å². The number of carbonyl (C=O) groups excluding carboxylic acids is 2. The molecule has 1 N–H and O–H groups in total. The fraction of sp³-hybridized carbons (Fsp3) is 0.692. The molecule has 0 aliphatic heterocycles. The van der Waals surface area contributed by atoms with Crippen molar-refractivity contribution >= 4 is 12.1 Å². The number of nitrogens with one attached hydrogen (secondary N) is 1. The van der Waals surface area contributed by atoms with Crippen molar-refractivity contribution in [2.24, 2.45) is 5.92 Å². The maximum Gasteiger partial charge on any atom is 0.411 e. The predicted octanol–water partition coefficient (Wildman–Crippen LogP) is 2.37. The van der Waals surface area contributed by atoms with Crippen LogP contribution in [0.4, 0.5) is 4.79 Å². The Morgan fingerprint density at radius 1 is 1.39 bits per heavy atom. The number of allylic oxidation sites excluding steroid dienone is 1. The van der Waals surface area contributed by atoms with Gasteiger partial charge in [0.1, 0.15) is 5.60 Å². The minimum atomic E-state index is -0.529. The summed E-state index contributed by atoms with van der Waals surface area (Å²) in [6.45, 7) is 9.31. The van der Waals surface area contributed by atoms with E-state index in [9.17, 15) is 9.59 Å². The lowest BCUT2D eigenvalue weighted by Crippen LogP contribution is -2.31. The first kappa shape index (κ1) is 14.5. The molecule has 0 aromatic heterocycles. The van der Waals surface area contributed by atoms with Gasteiger partial charge in [0.25, 0.3) is 0 Å². The van der Waals surface area contributed by atoms with Gasteiger partial charge in [0.05, 0.1) is 12.5 Å². The Morgan fingerprint density at radius 3 is 2.50 bits per heavy atom. The third-order valence-corrected chi connectivity index (χ3v) is 2.43. The lowest BCUT2D eigenvalue weighted by molar-refractivity contribution is -0.144. The zero-order valence-electron chi connectivity index (χ0n) is 11.6. The Balaban J connectivity index is 2.50. The SMILES string of the molecule is CCOC(=O)[C@@H]1CC1=C(C)NC(=O)OC(C)(C)C. The molecule has 0 unspecified atom stereocenters. The molecule has 18 heavy (non-hydrogen) atoms. The first-order chi connectivity index (χ1) is 8.24. The zero-order chi connectivity index (χ0) is 13.9. The van der Waals surface area contributed by atoms with Crippen LogP contribution in [0.3, 0.4) is 0 Å². The van der Waals surface area contributed by atoms with E-state index < -0.39 is 11.7 Å². The van der Waals surface area contributed by atoms with Crippen molar-refractivity contribution in [3.05, 3.63) is 11.3 Å². The Morgan fingerprint density at radius 2 is 2.00 bits per heavy atom. The van der Waals surface area contributed by atoms with Crippen LogP contribution in [0.15, 0.2) is 11.3 Å². The van der Waals surface area contributed by atoms with E-state index in [4.69, 9.17) is 9.47 Å². The van der Waals surface area contributed by atoms with Crippen LogP contribution in [0, 0.1) is 5.92 Å². The van der Waals surface area contributed by atoms with Crippen molar-refractivity contribution in [1.29, 1.82) is 0 Å². The lowest BCUT2D eigenvalue weighted by Gasteiger charge is -2.19. The normalized spacial score (nSPS) is 21.1. The molecule has 1 atom stereocenters. The summed E-state index contributed by atoms with van der Waals surface area (Å²) in [5.74, 6) is -0.419. The van der Waals surface area contributed by atoms with Gasteiger partial charge in [0, 0.05) is 5.70 Å². The number of esters is 1. The first-order valence-electron chi connectivity index (χ1n) is 6.11. The highest BCUT2D eigenvalue weighted by Gasteiger charge is 2.40. The lowest BCUT2D eigenvalue weighted by atomic mass is 10.2. The second-order valence-corrected chi connectivity index (χ2v) is 5.29. The molecule has 0 aromatic rings. The van der Waals surface area contributed by atoms with E-state index in [1.165, 1.54) is 0 Å². The molecular formula is C13H21NO4. The van der Waals surface area contributed by atoms with Crippen molar-refractivity contribution in [3.63, 3.8) is 0 Å². The van der Waals surface area contributed by atoms with Crippen molar-refractivity contribution in [2.45, 2.75) is 46.6 Å². The summed E-state index contributed by atoms with van der Waals surface area (Å²) in [6, 6.07) is 0. The third-order valence-electron chi connectivity index (χ3n) is 2.43. The highest BCUT2D eigenvalue weighted by Crippen LogP contribution is 2.40. The summed E-state index contributed by atoms with van der Waals surface area (Å²) in [6.07, 6.45) is 0.155. The first-order valence-corrected chi connectivity index (χ1v) is 6.11. The van der Waals surface area contributed by atoms with E-state index >= 15 is 0 Å². The molecule has 0 aromatic carbocycles. The molecule has 0 spiro atoms. The van der Waals surface area contributed by atoms with Crippen LogP contribution in [-0.2, 0) is 14.3 Å². The summed E-state index contributed by atoms with van der Waals surface area (Å²) in [4.78, 5) is 23.0. The van der Waals surface area contributed by atoms with E-state index in [0.29, 0.717) is 18.7 Å². The Labute approximate surface area is 108 Å². The molecule has 0 radical (unpaired) electrons. The number of rotatable bonds is 3. The number of alkyl carbamates (subject to hydrolysis) is 1. The predicted molar refractivity (Wildman–Crippen MR) is 66.8 cm³/mol. The van der Waals surface area contributed by atoms with E-state index in [0.717, 1.165) is 5.57 Å². The van der Waals surface area contributed by atoms with Gasteiger partial charge in [-0.15, -0.1) is 0 Å². The van der Waals surface area contributed by atoms with Gasteiger partial charge >= 0.3 is 12.1 Å². The molecule has 1 aliphatic carbocycles. The van der Waals surface area contributed by atoms with Crippen molar-refractivity contribution < 1.29 is 19.1 Å². The maximum atomic E-state index is 11.5. The Bertz CT molecular complexity index is 379. The van der Waals surface area contributed by atoms with Crippen molar-refractivity contribution in [2.75, 3.05) is 6.61 Å². The van der Waals surface area contributed by atoms with Crippen LogP contribution in [0.1, 0.15) is 41.0 Å². The molecule has 1 rings (SSSR count). The van der Waals surface area contributed by atoms with E-state index in [1.807, 2.05) is 0 Å². The Hall–Kier alpha value is -1.52. The molecule has 0 heterocycles. The van der Waals surface area contributed by atoms with Gasteiger partial charge in [0.2, 0.25) is 0 Å². The standard InChI is InChI=1S/C13H21NO4/c1-6-17-11(15)10-7-9(10)8(2)14-12(16)18-13(3,4)5/h10H,6-7H2,1-5H3,(H,14,16)/t10-/m1/s1. The van der Waals surface area contributed by atoms with Crippen LogP contribution < -0.4 is 5.32 Å². The van der Waals surface area contributed by atoms with Gasteiger partial charge in [-0.2, -0.15) is 0 Å². The van der Waals surface area contributed by atoms with Crippen molar-refractivity contribution in [1.82, 2.24) is 5.32 Å². The van der Waals surface area contributed by atoms with Gasteiger partial charge in [-0.3, -0.25) is 10.1 Å². The minimum absolute atomic E-state index is 0.195. The quantitative estimate of drug-likeness (QED) is 0.786. The minimum Gasteiger partial charge on any atom is -0.466 e. The summed E-state index contributed by atoms with van der Waals surface area (Å²) in [7, 11) is 0. The molecule has 1 saturated carbocycles.